The Morgan fingerprint density at radius 2 is 1.71 bits per heavy atom. The Bertz CT molecular complexity index is 1660. The minimum atomic E-state index is -0.537. The van der Waals surface area contributed by atoms with Gasteiger partial charge in [-0.15, -0.1) is 10.2 Å². The van der Waals surface area contributed by atoms with Gasteiger partial charge in [0.15, 0.2) is 11.5 Å². The number of amides is 1. The SMILES string of the molecule is CC(C)(C)OC(=O)N1CCN(Cc2c(OCc3ccccc3)ccc3c(O)c(C=C4N=Nc5ccccc54)oc23)CC1. The molecular weight excluding hydrogens is 532 g/mol. The molecule has 1 amide bonds. The number of piperazine rings is 1. The van der Waals surface area contributed by atoms with Crippen LogP contribution in [0.15, 0.2) is 81.4 Å². The molecule has 0 aliphatic carbocycles. The van der Waals surface area contributed by atoms with Crippen LogP contribution in [-0.4, -0.2) is 52.8 Å². The Balaban J connectivity index is 1.29. The van der Waals surface area contributed by atoms with E-state index in [-0.39, 0.29) is 11.8 Å². The van der Waals surface area contributed by atoms with Crippen molar-refractivity contribution in [1.82, 2.24) is 9.80 Å². The fraction of sp³-hybridized carbons (Fsp3) is 0.303. The number of nitrogens with zero attached hydrogens (tertiary/aromatic N) is 4. The molecule has 1 N–H and O–H groups in total. The molecule has 0 bridgehead atoms. The van der Waals surface area contributed by atoms with Crippen LogP contribution < -0.4 is 4.74 Å². The first kappa shape index (κ1) is 27.5. The van der Waals surface area contributed by atoms with Gasteiger partial charge in [-0.3, -0.25) is 4.90 Å². The first-order chi connectivity index (χ1) is 20.2. The maximum atomic E-state index is 12.6. The van der Waals surface area contributed by atoms with Crippen molar-refractivity contribution >= 4 is 34.5 Å². The molecule has 0 unspecified atom stereocenters. The second-order valence-electron chi connectivity index (χ2n) is 11.5. The Kier molecular flexibility index (Phi) is 7.43. The van der Waals surface area contributed by atoms with Gasteiger partial charge in [0.25, 0.3) is 0 Å². The summed E-state index contributed by atoms with van der Waals surface area (Å²) in [6, 6.07) is 21.4. The Labute approximate surface area is 244 Å². The molecule has 9 heteroatoms. The molecule has 0 saturated carbocycles. The van der Waals surface area contributed by atoms with Crippen LogP contribution in [0.1, 0.15) is 43.2 Å². The molecule has 2 aliphatic heterocycles. The van der Waals surface area contributed by atoms with Crippen LogP contribution in [-0.2, 0) is 17.9 Å². The fourth-order valence-electron chi connectivity index (χ4n) is 5.13. The minimum absolute atomic E-state index is 0.0442. The lowest BCUT2D eigenvalue weighted by Gasteiger charge is -2.35. The van der Waals surface area contributed by atoms with E-state index in [4.69, 9.17) is 13.9 Å². The number of carbonyl (C=O) groups excluding carboxylic acids is 1. The molecule has 3 heterocycles. The molecule has 216 valence electrons. The average Bonchev–Trinajstić information content (AvgIpc) is 3.53. The summed E-state index contributed by atoms with van der Waals surface area (Å²) in [5.41, 5.74) is 4.19. The molecule has 2 aliphatic rings. The third-order valence-corrected chi connectivity index (χ3v) is 7.27. The summed E-state index contributed by atoms with van der Waals surface area (Å²) in [5.74, 6) is 1.04. The lowest BCUT2D eigenvalue weighted by molar-refractivity contribution is 0.0138. The van der Waals surface area contributed by atoms with E-state index in [0.717, 1.165) is 22.4 Å². The minimum Gasteiger partial charge on any atom is -0.504 e. The zero-order valence-electron chi connectivity index (χ0n) is 24.0. The summed E-state index contributed by atoms with van der Waals surface area (Å²) in [6.07, 6.45) is 1.42. The van der Waals surface area contributed by atoms with Crippen molar-refractivity contribution in [3.63, 3.8) is 0 Å². The van der Waals surface area contributed by atoms with Crippen LogP contribution in [0, 0.1) is 0 Å². The molecule has 1 saturated heterocycles. The number of carbonyl (C=O) groups is 1. The average molecular weight is 567 g/mol. The number of ether oxygens (including phenoxy) is 2. The van der Waals surface area contributed by atoms with Crippen molar-refractivity contribution < 1.29 is 23.8 Å². The molecule has 9 nitrogen and oxygen atoms in total. The van der Waals surface area contributed by atoms with Crippen molar-refractivity contribution in [3.8, 4) is 11.5 Å². The zero-order valence-corrected chi connectivity index (χ0v) is 24.0. The molecule has 6 rings (SSSR count). The van der Waals surface area contributed by atoms with E-state index in [1.807, 2.05) is 87.5 Å². The lowest BCUT2D eigenvalue weighted by atomic mass is 10.1. The molecule has 3 aromatic carbocycles. The predicted octanol–water partition coefficient (Wildman–Crippen LogP) is 7.37. The third-order valence-electron chi connectivity index (χ3n) is 7.27. The molecule has 0 radical (unpaired) electrons. The van der Waals surface area contributed by atoms with Crippen LogP contribution in [0.25, 0.3) is 22.7 Å². The van der Waals surface area contributed by atoms with Crippen molar-refractivity contribution in [1.29, 1.82) is 0 Å². The maximum Gasteiger partial charge on any atom is 0.410 e. The number of benzene rings is 3. The van der Waals surface area contributed by atoms with Crippen LogP contribution in [0.5, 0.6) is 11.5 Å². The normalized spacial score (nSPS) is 16.3. The van der Waals surface area contributed by atoms with Gasteiger partial charge in [0.1, 0.15) is 23.5 Å². The molecule has 0 spiro atoms. The maximum absolute atomic E-state index is 12.6. The van der Waals surface area contributed by atoms with Crippen LogP contribution >= 0.6 is 0 Å². The summed E-state index contributed by atoms with van der Waals surface area (Å²) in [5, 5.41) is 20.3. The van der Waals surface area contributed by atoms with Gasteiger partial charge in [-0.25, -0.2) is 4.79 Å². The number of azo groups is 1. The number of aromatic hydroxyl groups is 1. The van der Waals surface area contributed by atoms with E-state index in [9.17, 15) is 9.90 Å². The quantitative estimate of drug-likeness (QED) is 0.262. The van der Waals surface area contributed by atoms with Crippen LogP contribution in [0.4, 0.5) is 10.5 Å². The number of hydrogen-bond donors (Lipinski definition) is 1. The first-order valence-electron chi connectivity index (χ1n) is 14.1. The van der Waals surface area contributed by atoms with E-state index in [1.165, 1.54) is 0 Å². The molecule has 0 atom stereocenters. The molecule has 1 fully saturated rings. The van der Waals surface area contributed by atoms with Crippen molar-refractivity contribution in [3.05, 3.63) is 89.2 Å². The standard InChI is InChI=1S/C33H34N4O5/c1-33(2,3)42-32(39)37-17-15-36(16-18-37)20-25-28(40-21-22-9-5-4-6-10-22)14-13-24-30(38)29(41-31(24)25)19-27-23-11-7-8-12-26(23)34-35-27/h4-14,19,38H,15-18,20-21H2,1-3H3. The lowest BCUT2D eigenvalue weighted by Crippen LogP contribution is -2.49. The van der Waals surface area contributed by atoms with E-state index in [2.05, 4.69) is 15.1 Å². The Morgan fingerprint density at radius 3 is 2.48 bits per heavy atom. The number of furan rings is 1. The van der Waals surface area contributed by atoms with Gasteiger partial charge in [0.2, 0.25) is 0 Å². The summed E-state index contributed by atoms with van der Waals surface area (Å²) in [6.45, 7) is 8.96. The van der Waals surface area contributed by atoms with E-state index >= 15 is 0 Å². The number of rotatable bonds is 6. The first-order valence-corrected chi connectivity index (χ1v) is 14.1. The Morgan fingerprint density at radius 1 is 0.976 bits per heavy atom. The highest BCUT2D eigenvalue weighted by Crippen LogP contribution is 2.42. The summed E-state index contributed by atoms with van der Waals surface area (Å²) in [7, 11) is 0. The predicted molar refractivity (Wildman–Crippen MR) is 161 cm³/mol. The van der Waals surface area contributed by atoms with Crippen molar-refractivity contribution in [2.45, 2.75) is 39.5 Å². The highest BCUT2D eigenvalue weighted by atomic mass is 16.6. The number of hydrogen-bond acceptors (Lipinski definition) is 8. The van der Waals surface area contributed by atoms with Crippen LogP contribution in [0.3, 0.4) is 0 Å². The second kappa shape index (κ2) is 11.3. The summed E-state index contributed by atoms with van der Waals surface area (Å²) >= 11 is 0. The molecular formula is C33H34N4O5. The van der Waals surface area contributed by atoms with Crippen LogP contribution in [0.2, 0.25) is 0 Å². The topological polar surface area (TPSA) is 100 Å². The summed E-state index contributed by atoms with van der Waals surface area (Å²) in [4.78, 5) is 16.6. The zero-order chi connectivity index (χ0) is 29.3. The van der Waals surface area contributed by atoms with E-state index in [0.29, 0.717) is 67.5 Å². The fourth-order valence-corrected chi connectivity index (χ4v) is 5.13. The van der Waals surface area contributed by atoms with Gasteiger partial charge < -0.3 is 23.9 Å². The smallest absolute Gasteiger partial charge is 0.410 e. The van der Waals surface area contributed by atoms with E-state index < -0.39 is 5.60 Å². The summed E-state index contributed by atoms with van der Waals surface area (Å²) < 4.78 is 18.2. The van der Waals surface area contributed by atoms with Gasteiger partial charge in [-0.1, -0.05) is 48.5 Å². The van der Waals surface area contributed by atoms with E-state index in [1.54, 1.807) is 11.0 Å². The van der Waals surface area contributed by atoms with Gasteiger partial charge in [-0.05, 0) is 44.5 Å². The molecule has 42 heavy (non-hydrogen) atoms. The monoisotopic (exact) mass is 566 g/mol. The molecule has 4 aromatic rings. The molecule has 1 aromatic heterocycles. The Hall–Kier alpha value is -4.63. The largest absolute Gasteiger partial charge is 0.504 e. The second-order valence-corrected chi connectivity index (χ2v) is 11.5. The highest BCUT2D eigenvalue weighted by molar-refractivity contribution is 5.95. The van der Waals surface area contributed by atoms with Gasteiger partial charge >= 0.3 is 6.09 Å². The highest BCUT2D eigenvalue weighted by Gasteiger charge is 2.28. The van der Waals surface area contributed by atoms with Crippen molar-refractivity contribution in [2.75, 3.05) is 26.2 Å². The number of fused-ring (bicyclic) bond motifs is 2. The van der Waals surface area contributed by atoms with Gasteiger partial charge in [0.05, 0.1) is 22.3 Å². The van der Waals surface area contributed by atoms with Crippen molar-refractivity contribution in [2.24, 2.45) is 10.2 Å². The van der Waals surface area contributed by atoms with Gasteiger partial charge in [0, 0.05) is 44.4 Å². The van der Waals surface area contributed by atoms with Gasteiger partial charge in [-0.2, -0.15) is 0 Å². The third kappa shape index (κ3) is 5.87.